The van der Waals surface area contributed by atoms with Gasteiger partial charge in [-0.15, -0.1) is 10.2 Å². The summed E-state index contributed by atoms with van der Waals surface area (Å²) in [5.74, 6) is 0.470. The van der Waals surface area contributed by atoms with Crippen LogP contribution in [0.3, 0.4) is 0 Å². The van der Waals surface area contributed by atoms with Gasteiger partial charge in [0.2, 0.25) is 17.5 Å². The highest BCUT2D eigenvalue weighted by atomic mass is 16.7. The van der Waals surface area contributed by atoms with Crippen LogP contribution in [-0.4, -0.2) is 41.0 Å². The maximum absolute atomic E-state index is 13.0. The first-order chi connectivity index (χ1) is 16.7. The molecule has 10 nitrogen and oxygen atoms in total. The van der Waals surface area contributed by atoms with Gasteiger partial charge in [0.05, 0.1) is 13.7 Å². The number of ether oxygens (including phenoxy) is 3. The SMILES string of the molecule is COc1ccnc(C(=O)N[C@@H](C)c2nnc(-c3ccc(C(C)C)cc3)o2)c1OC(=O)OCC(C)C. The van der Waals surface area contributed by atoms with Crippen LogP contribution in [0, 0.1) is 5.92 Å². The number of methoxy groups -OCH3 is 1. The first kappa shape index (κ1) is 25.7. The van der Waals surface area contributed by atoms with Crippen LogP contribution in [0.4, 0.5) is 4.79 Å². The Hall–Kier alpha value is -3.95. The molecule has 186 valence electrons. The predicted molar refractivity (Wildman–Crippen MR) is 127 cm³/mol. The van der Waals surface area contributed by atoms with Gasteiger partial charge >= 0.3 is 6.16 Å². The number of nitrogens with zero attached hydrogens (tertiary/aromatic N) is 3. The predicted octanol–water partition coefficient (Wildman–Crippen LogP) is 4.93. The van der Waals surface area contributed by atoms with E-state index in [0.29, 0.717) is 11.8 Å². The Kier molecular flexibility index (Phi) is 8.40. The fourth-order valence-corrected chi connectivity index (χ4v) is 3.06. The minimum Gasteiger partial charge on any atom is -0.493 e. The van der Waals surface area contributed by atoms with Crippen molar-refractivity contribution in [2.45, 2.75) is 46.6 Å². The molecule has 1 aromatic carbocycles. The number of hydrogen-bond donors (Lipinski definition) is 1. The third-order valence-electron chi connectivity index (χ3n) is 5.01. The van der Waals surface area contributed by atoms with Gasteiger partial charge in [0.15, 0.2) is 11.4 Å². The van der Waals surface area contributed by atoms with Crippen molar-refractivity contribution in [2.24, 2.45) is 5.92 Å². The van der Waals surface area contributed by atoms with Crippen molar-refractivity contribution in [3.05, 3.63) is 53.7 Å². The second-order valence-electron chi connectivity index (χ2n) is 8.67. The Labute approximate surface area is 204 Å². The summed E-state index contributed by atoms with van der Waals surface area (Å²) in [6.07, 6.45) is 0.410. The lowest BCUT2D eigenvalue weighted by Gasteiger charge is -2.15. The summed E-state index contributed by atoms with van der Waals surface area (Å²) in [6.45, 7) is 9.87. The fourth-order valence-electron chi connectivity index (χ4n) is 3.06. The fraction of sp³-hybridized carbons (Fsp3) is 0.400. The summed E-state index contributed by atoms with van der Waals surface area (Å²) in [6, 6.07) is 8.68. The van der Waals surface area contributed by atoms with Gasteiger partial charge in [0.25, 0.3) is 5.91 Å². The van der Waals surface area contributed by atoms with Crippen molar-refractivity contribution in [1.29, 1.82) is 0 Å². The second kappa shape index (κ2) is 11.5. The van der Waals surface area contributed by atoms with Gasteiger partial charge < -0.3 is 23.9 Å². The van der Waals surface area contributed by atoms with E-state index >= 15 is 0 Å². The molecule has 0 aliphatic heterocycles. The molecule has 1 atom stereocenters. The van der Waals surface area contributed by atoms with Crippen molar-refractivity contribution in [1.82, 2.24) is 20.5 Å². The van der Waals surface area contributed by atoms with Gasteiger partial charge in [-0.05, 0) is 36.5 Å². The molecule has 0 unspecified atom stereocenters. The van der Waals surface area contributed by atoms with Crippen molar-refractivity contribution < 1.29 is 28.2 Å². The van der Waals surface area contributed by atoms with Crippen molar-refractivity contribution >= 4 is 12.1 Å². The molecule has 1 N–H and O–H groups in total. The Morgan fingerprint density at radius 1 is 1.03 bits per heavy atom. The number of amides is 1. The first-order valence-electron chi connectivity index (χ1n) is 11.3. The lowest BCUT2D eigenvalue weighted by atomic mass is 10.0. The summed E-state index contributed by atoms with van der Waals surface area (Å²) in [5, 5.41) is 10.9. The van der Waals surface area contributed by atoms with Crippen LogP contribution in [0.15, 0.2) is 40.9 Å². The lowest BCUT2D eigenvalue weighted by molar-refractivity contribution is 0.0851. The molecule has 0 aliphatic carbocycles. The summed E-state index contributed by atoms with van der Waals surface area (Å²) < 4.78 is 21.3. The van der Waals surface area contributed by atoms with E-state index in [0.717, 1.165) is 5.56 Å². The van der Waals surface area contributed by atoms with Crippen LogP contribution >= 0.6 is 0 Å². The standard InChI is InChI=1S/C25H30N4O6/c1-14(2)13-33-25(31)34-21-19(32-6)11-12-26-20(21)22(30)27-16(5)23-28-29-24(35-23)18-9-7-17(8-10-18)15(3)4/h7-12,14-16H,13H2,1-6H3,(H,27,30)/t16-/m0/s1. The highest BCUT2D eigenvalue weighted by Gasteiger charge is 2.25. The van der Waals surface area contributed by atoms with Gasteiger partial charge in [-0.2, -0.15) is 0 Å². The average molecular weight is 483 g/mol. The molecule has 0 saturated carbocycles. The monoisotopic (exact) mass is 482 g/mol. The number of benzene rings is 1. The Bertz CT molecular complexity index is 1160. The number of hydrogen-bond acceptors (Lipinski definition) is 9. The third-order valence-corrected chi connectivity index (χ3v) is 5.01. The number of aromatic nitrogens is 3. The topological polar surface area (TPSA) is 126 Å². The molecule has 1 amide bonds. The molecular weight excluding hydrogens is 452 g/mol. The molecule has 0 bridgehead atoms. The summed E-state index contributed by atoms with van der Waals surface area (Å²) in [5.41, 5.74) is 1.82. The van der Waals surface area contributed by atoms with Crippen molar-refractivity contribution in [3.63, 3.8) is 0 Å². The molecule has 0 aliphatic rings. The molecule has 2 heterocycles. The van der Waals surface area contributed by atoms with Gasteiger partial charge in [0.1, 0.15) is 6.04 Å². The molecule has 2 aromatic heterocycles. The van der Waals surface area contributed by atoms with E-state index in [2.05, 4.69) is 34.3 Å². The highest BCUT2D eigenvalue weighted by molar-refractivity contribution is 5.96. The number of pyridine rings is 1. The number of carbonyl (C=O) groups excluding carboxylic acids is 2. The Morgan fingerprint density at radius 3 is 2.37 bits per heavy atom. The normalized spacial score (nSPS) is 11.9. The van der Waals surface area contributed by atoms with E-state index in [1.807, 2.05) is 38.1 Å². The van der Waals surface area contributed by atoms with E-state index in [9.17, 15) is 9.59 Å². The van der Waals surface area contributed by atoms with Crippen LogP contribution in [0.2, 0.25) is 0 Å². The molecule has 35 heavy (non-hydrogen) atoms. The molecule has 3 rings (SSSR count). The zero-order valence-electron chi connectivity index (χ0n) is 20.7. The summed E-state index contributed by atoms with van der Waals surface area (Å²) in [7, 11) is 1.39. The average Bonchev–Trinajstić information content (AvgIpc) is 3.33. The third kappa shape index (κ3) is 6.56. The maximum Gasteiger partial charge on any atom is 0.514 e. The van der Waals surface area contributed by atoms with E-state index in [1.54, 1.807) is 6.92 Å². The van der Waals surface area contributed by atoms with E-state index in [1.165, 1.54) is 24.9 Å². The molecular formula is C25H30N4O6. The quantitative estimate of drug-likeness (QED) is 0.423. The van der Waals surface area contributed by atoms with Crippen LogP contribution in [-0.2, 0) is 4.74 Å². The highest BCUT2D eigenvalue weighted by Crippen LogP contribution is 2.30. The first-order valence-corrected chi connectivity index (χ1v) is 11.3. The number of carbonyl (C=O) groups is 2. The van der Waals surface area contributed by atoms with E-state index in [-0.39, 0.29) is 35.6 Å². The number of rotatable bonds is 9. The Balaban J connectivity index is 1.74. The van der Waals surface area contributed by atoms with Crippen LogP contribution in [0.5, 0.6) is 11.5 Å². The van der Waals surface area contributed by atoms with Crippen molar-refractivity contribution in [2.75, 3.05) is 13.7 Å². The minimum absolute atomic E-state index is 0.120. The zero-order chi connectivity index (χ0) is 25.5. The molecule has 0 saturated heterocycles. The largest absolute Gasteiger partial charge is 0.514 e. The van der Waals surface area contributed by atoms with Crippen LogP contribution in [0.25, 0.3) is 11.5 Å². The van der Waals surface area contributed by atoms with Crippen molar-refractivity contribution in [3.8, 4) is 23.0 Å². The van der Waals surface area contributed by atoms with E-state index in [4.69, 9.17) is 18.6 Å². The van der Waals surface area contributed by atoms with Gasteiger partial charge in [-0.25, -0.2) is 9.78 Å². The number of nitrogens with one attached hydrogen (secondary N) is 1. The summed E-state index contributed by atoms with van der Waals surface area (Å²) in [4.78, 5) is 29.2. The van der Waals surface area contributed by atoms with E-state index < -0.39 is 18.1 Å². The maximum atomic E-state index is 13.0. The molecule has 0 radical (unpaired) electrons. The minimum atomic E-state index is -0.961. The zero-order valence-corrected chi connectivity index (χ0v) is 20.7. The van der Waals surface area contributed by atoms with Crippen LogP contribution in [0.1, 0.15) is 68.5 Å². The molecule has 10 heteroatoms. The summed E-state index contributed by atoms with van der Waals surface area (Å²) >= 11 is 0. The molecule has 3 aromatic rings. The van der Waals surface area contributed by atoms with Gasteiger partial charge in [-0.1, -0.05) is 39.8 Å². The molecule has 0 spiro atoms. The molecule has 0 fully saturated rings. The van der Waals surface area contributed by atoms with Gasteiger partial charge in [0, 0.05) is 17.8 Å². The van der Waals surface area contributed by atoms with Crippen LogP contribution < -0.4 is 14.8 Å². The smallest absolute Gasteiger partial charge is 0.493 e. The van der Waals surface area contributed by atoms with Gasteiger partial charge in [-0.3, -0.25) is 4.79 Å². The second-order valence-corrected chi connectivity index (χ2v) is 8.67. The Morgan fingerprint density at radius 2 is 1.74 bits per heavy atom. The lowest BCUT2D eigenvalue weighted by Crippen LogP contribution is -2.28.